The van der Waals surface area contributed by atoms with Gasteiger partial charge in [-0.1, -0.05) is 48.5 Å². The molecule has 4 amide bonds. The van der Waals surface area contributed by atoms with Crippen molar-refractivity contribution in [2.24, 2.45) is 0 Å². The van der Waals surface area contributed by atoms with E-state index in [-0.39, 0.29) is 50.0 Å². The van der Waals surface area contributed by atoms with Crippen LogP contribution in [0.5, 0.6) is 5.75 Å². The number of nitrogens with one attached hydrogen (secondary N) is 1. The van der Waals surface area contributed by atoms with Crippen LogP contribution in [-0.4, -0.2) is 77.1 Å². The summed E-state index contributed by atoms with van der Waals surface area (Å²) >= 11 is 0. The number of fused-ring (bicyclic) bond motifs is 1. The molecule has 41 heavy (non-hydrogen) atoms. The molecular formula is C30H31F2N5O4. The summed E-state index contributed by atoms with van der Waals surface area (Å²) in [6.07, 6.45) is -0.623. The predicted molar refractivity (Wildman–Crippen MR) is 146 cm³/mol. The van der Waals surface area contributed by atoms with Gasteiger partial charge in [0.25, 0.3) is 0 Å². The molecule has 2 heterocycles. The Hall–Kier alpha value is -4.51. The number of carbonyl (C=O) groups excluding carboxylic acids is 3. The lowest BCUT2D eigenvalue weighted by atomic mass is 9.98. The molecule has 2 fully saturated rings. The molecule has 2 saturated heterocycles. The largest absolute Gasteiger partial charge is 0.497 e. The molecule has 2 aliphatic rings. The molecule has 214 valence electrons. The van der Waals surface area contributed by atoms with Gasteiger partial charge in [-0.3, -0.25) is 9.59 Å². The van der Waals surface area contributed by atoms with Crippen LogP contribution >= 0.6 is 0 Å². The van der Waals surface area contributed by atoms with E-state index in [1.54, 1.807) is 26.3 Å². The number of hydrogen-bond donors (Lipinski definition) is 1. The van der Waals surface area contributed by atoms with Gasteiger partial charge < -0.3 is 19.9 Å². The van der Waals surface area contributed by atoms with Crippen molar-refractivity contribution < 1.29 is 27.9 Å². The van der Waals surface area contributed by atoms with E-state index in [2.05, 4.69) is 5.32 Å². The van der Waals surface area contributed by atoms with Crippen molar-refractivity contribution in [3.63, 3.8) is 0 Å². The van der Waals surface area contributed by atoms with Gasteiger partial charge >= 0.3 is 6.03 Å². The monoisotopic (exact) mass is 563 g/mol. The first-order valence-electron chi connectivity index (χ1n) is 13.2. The summed E-state index contributed by atoms with van der Waals surface area (Å²) in [6, 6.07) is 18.4. The maximum Gasteiger partial charge on any atom is 0.334 e. The van der Waals surface area contributed by atoms with Crippen LogP contribution in [0.3, 0.4) is 0 Å². The van der Waals surface area contributed by atoms with Crippen LogP contribution in [0, 0.1) is 11.6 Å². The molecule has 3 aromatic carbocycles. The van der Waals surface area contributed by atoms with Crippen LogP contribution in [0.4, 0.5) is 13.6 Å². The highest BCUT2D eigenvalue weighted by molar-refractivity contribution is 5.91. The summed E-state index contributed by atoms with van der Waals surface area (Å²) < 4.78 is 33.4. The van der Waals surface area contributed by atoms with E-state index >= 15 is 0 Å². The number of piperazine rings is 1. The number of benzene rings is 3. The number of amides is 4. The van der Waals surface area contributed by atoms with Gasteiger partial charge in [-0.2, -0.15) is 0 Å². The maximum absolute atomic E-state index is 14.6. The maximum atomic E-state index is 14.6. The minimum atomic E-state index is -0.919. The molecular weight excluding hydrogens is 532 g/mol. The number of carbonyl (C=O) groups is 3. The standard InChI is InChI=1S/C30H31F2N5O4/c1-34-19-28(38)36-26(14-20-6-4-3-5-7-20)29(39)35(17-22-10-11-23(31)15-25(22)32)18-27(36)37(34)30(40)33-16-21-8-12-24(41-2)13-9-21/h3-13,15,26-27H,14,16-19H2,1-2H3,(H,33,40). The Bertz CT molecular complexity index is 1420. The lowest BCUT2D eigenvalue weighted by molar-refractivity contribution is -0.187. The van der Waals surface area contributed by atoms with Crippen molar-refractivity contribution in [3.8, 4) is 5.75 Å². The normalized spacial score (nSPS) is 19.3. The Morgan fingerprint density at radius 2 is 1.73 bits per heavy atom. The number of hydrogen-bond acceptors (Lipinski definition) is 5. The molecule has 0 spiro atoms. The third-order valence-electron chi connectivity index (χ3n) is 7.40. The SMILES string of the molecule is COc1ccc(CNC(=O)N2C3CN(Cc4ccc(F)cc4F)C(=O)C(Cc4ccccc4)N3C(=O)CN2C)cc1. The topological polar surface area (TPSA) is 85.4 Å². The number of rotatable bonds is 7. The molecule has 1 N–H and O–H groups in total. The minimum absolute atomic E-state index is 0.0486. The van der Waals surface area contributed by atoms with Crippen LogP contribution in [0.1, 0.15) is 16.7 Å². The Morgan fingerprint density at radius 3 is 2.41 bits per heavy atom. The number of nitrogens with zero attached hydrogens (tertiary/aromatic N) is 4. The highest BCUT2D eigenvalue weighted by Crippen LogP contribution is 2.29. The van der Waals surface area contributed by atoms with Gasteiger partial charge in [-0.15, -0.1) is 0 Å². The zero-order chi connectivity index (χ0) is 29.1. The first-order valence-corrected chi connectivity index (χ1v) is 13.2. The van der Waals surface area contributed by atoms with Crippen LogP contribution in [0.25, 0.3) is 0 Å². The molecule has 0 aromatic heterocycles. The van der Waals surface area contributed by atoms with E-state index in [1.807, 2.05) is 42.5 Å². The Kier molecular flexibility index (Phi) is 8.16. The molecule has 0 bridgehead atoms. The summed E-state index contributed by atoms with van der Waals surface area (Å²) in [5.41, 5.74) is 1.82. The van der Waals surface area contributed by atoms with Gasteiger partial charge in [0.1, 0.15) is 29.6 Å². The number of hydrazine groups is 1. The quantitative estimate of drug-likeness (QED) is 0.478. The molecule has 0 saturated carbocycles. The van der Waals surface area contributed by atoms with Crippen LogP contribution in [0.2, 0.25) is 0 Å². The smallest absolute Gasteiger partial charge is 0.334 e. The Morgan fingerprint density at radius 1 is 1.00 bits per heavy atom. The molecule has 3 aromatic rings. The fourth-order valence-corrected chi connectivity index (χ4v) is 5.34. The van der Waals surface area contributed by atoms with Gasteiger partial charge in [0.2, 0.25) is 11.8 Å². The molecule has 2 aliphatic heterocycles. The number of ether oxygens (including phenoxy) is 1. The van der Waals surface area contributed by atoms with Crippen molar-refractivity contribution in [1.82, 2.24) is 25.1 Å². The van der Waals surface area contributed by atoms with Crippen molar-refractivity contribution in [3.05, 3.63) is 101 Å². The second kappa shape index (κ2) is 11.9. The average Bonchev–Trinajstić information content (AvgIpc) is 2.96. The van der Waals surface area contributed by atoms with Gasteiger partial charge in [-0.25, -0.2) is 23.6 Å². The molecule has 11 heteroatoms. The summed E-state index contributed by atoms with van der Waals surface area (Å²) in [5, 5.41) is 5.86. The molecule has 0 aliphatic carbocycles. The lowest BCUT2D eigenvalue weighted by Gasteiger charge is -2.54. The van der Waals surface area contributed by atoms with E-state index in [0.29, 0.717) is 5.75 Å². The van der Waals surface area contributed by atoms with Gasteiger partial charge in [-0.05, 0) is 29.3 Å². The van der Waals surface area contributed by atoms with Crippen molar-refractivity contribution in [1.29, 1.82) is 0 Å². The van der Waals surface area contributed by atoms with E-state index < -0.39 is 29.9 Å². The third kappa shape index (κ3) is 5.99. The fourth-order valence-electron chi connectivity index (χ4n) is 5.34. The lowest BCUT2D eigenvalue weighted by Crippen LogP contribution is -2.76. The summed E-state index contributed by atoms with van der Waals surface area (Å²) in [7, 11) is 3.21. The molecule has 5 rings (SSSR count). The third-order valence-corrected chi connectivity index (χ3v) is 7.40. The van der Waals surface area contributed by atoms with Crippen molar-refractivity contribution in [2.45, 2.75) is 31.7 Å². The second-order valence-electron chi connectivity index (χ2n) is 10.1. The minimum Gasteiger partial charge on any atom is -0.497 e. The van der Waals surface area contributed by atoms with Crippen molar-refractivity contribution >= 4 is 17.8 Å². The van der Waals surface area contributed by atoms with E-state index in [1.165, 1.54) is 25.9 Å². The first kappa shape index (κ1) is 28.0. The van der Waals surface area contributed by atoms with Crippen molar-refractivity contribution in [2.75, 3.05) is 27.2 Å². The zero-order valence-electron chi connectivity index (χ0n) is 22.8. The van der Waals surface area contributed by atoms with Crippen LogP contribution in [-0.2, 0) is 29.1 Å². The molecule has 2 unspecified atom stereocenters. The Labute approximate surface area is 236 Å². The first-order chi connectivity index (χ1) is 19.7. The van der Waals surface area contributed by atoms with Gasteiger partial charge in [0, 0.05) is 38.2 Å². The highest BCUT2D eigenvalue weighted by Gasteiger charge is 2.50. The van der Waals surface area contributed by atoms with Gasteiger partial charge in [0.15, 0.2) is 0 Å². The molecule has 0 radical (unpaired) electrons. The van der Waals surface area contributed by atoms with E-state index in [4.69, 9.17) is 4.74 Å². The number of urea groups is 1. The Balaban J connectivity index is 1.44. The van der Waals surface area contributed by atoms with E-state index in [0.717, 1.165) is 23.3 Å². The summed E-state index contributed by atoms with van der Waals surface area (Å²) in [4.78, 5) is 43.7. The second-order valence-corrected chi connectivity index (χ2v) is 10.1. The average molecular weight is 564 g/mol. The van der Waals surface area contributed by atoms with E-state index in [9.17, 15) is 23.2 Å². The fraction of sp³-hybridized carbons (Fsp3) is 0.300. The number of halogens is 2. The summed E-state index contributed by atoms with van der Waals surface area (Å²) in [6.45, 7) is -0.0604. The number of likely N-dealkylation sites (N-methyl/N-ethyl adjacent to an activating group) is 1. The van der Waals surface area contributed by atoms with Gasteiger partial charge in [0.05, 0.1) is 20.2 Å². The molecule has 9 nitrogen and oxygen atoms in total. The predicted octanol–water partition coefficient (Wildman–Crippen LogP) is 3.15. The number of methoxy groups -OCH3 is 1. The van der Waals surface area contributed by atoms with Crippen LogP contribution < -0.4 is 10.1 Å². The van der Waals surface area contributed by atoms with Crippen LogP contribution in [0.15, 0.2) is 72.8 Å². The summed E-state index contributed by atoms with van der Waals surface area (Å²) in [5.74, 6) is -1.46. The highest BCUT2D eigenvalue weighted by atomic mass is 19.1. The zero-order valence-corrected chi connectivity index (χ0v) is 22.8. The molecule has 2 atom stereocenters.